The SMILES string of the molecule is CCNc1cc(C)ccc1C(=O)Nc1cncnc1. The number of aromatic nitrogens is 2. The lowest BCUT2D eigenvalue weighted by atomic mass is 10.1. The normalized spacial score (nSPS) is 10.0. The van der Waals surface area contributed by atoms with Gasteiger partial charge in [-0.25, -0.2) is 9.97 Å². The molecule has 1 amide bonds. The van der Waals surface area contributed by atoms with Crippen LogP contribution in [0.2, 0.25) is 0 Å². The van der Waals surface area contributed by atoms with Gasteiger partial charge in [0.05, 0.1) is 23.6 Å². The molecular formula is C14H16N4O. The molecule has 1 aromatic carbocycles. The summed E-state index contributed by atoms with van der Waals surface area (Å²) in [5.41, 5.74) is 3.12. The van der Waals surface area contributed by atoms with Crippen molar-refractivity contribution in [3.05, 3.63) is 48.0 Å². The molecule has 5 nitrogen and oxygen atoms in total. The number of amides is 1. The highest BCUT2D eigenvalue weighted by Crippen LogP contribution is 2.18. The summed E-state index contributed by atoms with van der Waals surface area (Å²) in [7, 11) is 0. The first-order valence-electron chi connectivity index (χ1n) is 6.11. The van der Waals surface area contributed by atoms with Crippen LogP contribution < -0.4 is 10.6 Å². The Morgan fingerprint density at radius 2 is 2.00 bits per heavy atom. The third-order valence-electron chi connectivity index (χ3n) is 2.61. The Morgan fingerprint density at radius 1 is 1.26 bits per heavy atom. The van der Waals surface area contributed by atoms with Gasteiger partial charge in [-0.3, -0.25) is 4.79 Å². The molecule has 1 heterocycles. The van der Waals surface area contributed by atoms with E-state index in [4.69, 9.17) is 0 Å². The Labute approximate surface area is 112 Å². The number of aryl methyl sites for hydroxylation is 1. The maximum atomic E-state index is 12.2. The molecule has 0 radical (unpaired) electrons. The van der Waals surface area contributed by atoms with Crippen molar-refractivity contribution in [2.45, 2.75) is 13.8 Å². The minimum atomic E-state index is -0.175. The molecule has 2 rings (SSSR count). The van der Waals surface area contributed by atoms with E-state index >= 15 is 0 Å². The Morgan fingerprint density at radius 3 is 2.68 bits per heavy atom. The third kappa shape index (κ3) is 3.28. The molecule has 0 spiro atoms. The lowest BCUT2D eigenvalue weighted by Gasteiger charge is -2.11. The van der Waals surface area contributed by atoms with Crippen molar-refractivity contribution in [1.29, 1.82) is 0 Å². The van der Waals surface area contributed by atoms with E-state index in [0.29, 0.717) is 11.3 Å². The van der Waals surface area contributed by atoms with E-state index in [1.165, 1.54) is 6.33 Å². The second kappa shape index (κ2) is 5.95. The van der Waals surface area contributed by atoms with Crippen LogP contribution in [-0.4, -0.2) is 22.4 Å². The number of anilines is 2. The molecule has 2 aromatic rings. The topological polar surface area (TPSA) is 66.9 Å². The summed E-state index contributed by atoms with van der Waals surface area (Å²) in [5.74, 6) is -0.175. The van der Waals surface area contributed by atoms with Crippen LogP contribution in [-0.2, 0) is 0 Å². The minimum Gasteiger partial charge on any atom is -0.385 e. The number of hydrogen-bond donors (Lipinski definition) is 2. The molecule has 0 unspecified atom stereocenters. The molecule has 0 aliphatic rings. The van der Waals surface area contributed by atoms with E-state index in [1.807, 2.05) is 32.0 Å². The summed E-state index contributed by atoms with van der Waals surface area (Å²) >= 11 is 0. The molecule has 98 valence electrons. The zero-order valence-electron chi connectivity index (χ0n) is 11.0. The fourth-order valence-electron chi connectivity index (χ4n) is 1.75. The first kappa shape index (κ1) is 13.0. The van der Waals surface area contributed by atoms with Crippen LogP contribution >= 0.6 is 0 Å². The van der Waals surface area contributed by atoms with Crippen LogP contribution in [0.5, 0.6) is 0 Å². The van der Waals surface area contributed by atoms with Gasteiger partial charge < -0.3 is 10.6 Å². The van der Waals surface area contributed by atoms with Gasteiger partial charge in [0.1, 0.15) is 6.33 Å². The lowest BCUT2D eigenvalue weighted by Crippen LogP contribution is -2.15. The van der Waals surface area contributed by atoms with Crippen LogP contribution in [0.4, 0.5) is 11.4 Å². The van der Waals surface area contributed by atoms with Crippen LogP contribution in [0, 0.1) is 6.92 Å². The number of rotatable bonds is 4. The second-order valence-electron chi connectivity index (χ2n) is 4.16. The number of benzene rings is 1. The van der Waals surface area contributed by atoms with Crippen molar-refractivity contribution in [3.8, 4) is 0 Å². The molecule has 0 saturated heterocycles. The Balaban J connectivity index is 2.23. The van der Waals surface area contributed by atoms with Gasteiger partial charge in [0, 0.05) is 12.2 Å². The average Bonchev–Trinajstić information content (AvgIpc) is 2.40. The van der Waals surface area contributed by atoms with E-state index in [9.17, 15) is 4.79 Å². The number of nitrogens with zero attached hydrogens (tertiary/aromatic N) is 2. The van der Waals surface area contributed by atoms with E-state index in [1.54, 1.807) is 12.4 Å². The molecule has 5 heteroatoms. The maximum Gasteiger partial charge on any atom is 0.257 e. The van der Waals surface area contributed by atoms with Crippen molar-refractivity contribution >= 4 is 17.3 Å². The van der Waals surface area contributed by atoms with Crippen molar-refractivity contribution in [1.82, 2.24) is 9.97 Å². The van der Waals surface area contributed by atoms with Gasteiger partial charge in [0.25, 0.3) is 5.91 Å². The zero-order chi connectivity index (χ0) is 13.7. The Hall–Kier alpha value is -2.43. The van der Waals surface area contributed by atoms with E-state index < -0.39 is 0 Å². The van der Waals surface area contributed by atoms with Gasteiger partial charge in [0.2, 0.25) is 0 Å². The second-order valence-corrected chi connectivity index (χ2v) is 4.16. The molecule has 0 aliphatic heterocycles. The number of hydrogen-bond acceptors (Lipinski definition) is 4. The lowest BCUT2D eigenvalue weighted by molar-refractivity contribution is 0.102. The fraction of sp³-hybridized carbons (Fsp3) is 0.214. The van der Waals surface area contributed by atoms with Gasteiger partial charge in [-0.15, -0.1) is 0 Å². The number of nitrogens with one attached hydrogen (secondary N) is 2. The van der Waals surface area contributed by atoms with E-state index in [0.717, 1.165) is 17.8 Å². The summed E-state index contributed by atoms with van der Waals surface area (Å²) < 4.78 is 0. The standard InChI is InChI=1S/C14H16N4O/c1-3-17-13-6-10(2)4-5-12(13)14(19)18-11-7-15-9-16-8-11/h4-9,17H,3H2,1-2H3,(H,18,19). The van der Waals surface area contributed by atoms with Crippen LogP contribution in [0.1, 0.15) is 22.8 Å². The summed E-state index contributed by atoms with van der Waals surface area (Å²) in [6.45, 7) is 4.75. The summed E-state index contributed by atoms with van der Waals surface area (Å²) in [4.78, 5) is 19.9. The van der Waals surface area contributed by atoms with Crippen LogP contribution in [0.3, 0.4) is 0 Å². The quantitative estimate of drug-likeness (QED) is 0.881. The molecule has 0 bridgehead atoms. The van der Waals surface area contributed by atoms with Gasteiger partial charge >= 0.3 is 0 Å². The van der Waals surface area contributed by atoms with Gasteiger partial charge in [0.15, 0.2) is 0 Å². The predicted molar refractivity (Wildman–Crippen MR) is 75.3 cm³/mol. The highest BCUT2D eigenvalue weighted by Gasteiger charge is 2.11. The highest BCUT2D eigenvalue weighted by atomic mass is 16.1. The van der Waals surface area contributed by atoms with Gasteiger partial charge in [-0.2, -0.15) is 0 Å². The predicted octanol–water partition coefficient (Wildman–Crippen LogP) is 2.47. The van der Waals surface area contributed by atoms with Crippen molar-refractivity contribution in [2.24, 2.45) is 0 Å². The summed E-state index contributed by atoms with van der Waals surface area (Å²) in [6, 6.07) is 5.68. The highest BCUT2D eigenvalue weighted by molar-refractivity contribution is 6.08. The molecule has 0 atom stereocenters. The van der Waals surface area contributed by atoms with Crippen molar-refractivity contribution < 1.29 is 4.79 Å². The molecular weight excluding hydrogens is 240 g/mol. The molecule has 1 aromatic heterocycles. The maximum absolute atomic E-state index is 12.2. The fourth-order valence-corrected chi connectivity index (χ4v) is 1.75. The smallest absolute Gasteiger partial charge is 0.257 e. The summed E-state index contributed by atoms with van der Waals surface area (Å²) in [6.07, 6.45) is 4.55. The first-order valence-corrected chi connectivity index (χ1v) is 6.11. The van der Waals surface area contributed by atoms with Gasteiger partial charge in [-0.1, -0.05) is 6.07 Å². The zero-order valence-corrected chi connectivity index (χ0v) is 11.0. The third-order valence-corrected chi connectivity index (χ3v) is 2.61. The van der Waals surface area contributed by atoms with E-state index in [-0.39, 0.29) is 5.91 Å². The molecule has 2 N–H and O–H groups in total. The molecule has 0 aliphatic carbocycles. The monoisotopic (exact) mass is 256 g/mol. The van der Waals surface area contributed by atoms with Gasteiger partial charge in [-0.05, 0) is 31.5 Å². The molecule has 0 saturated carbocycles. The first-order chi connectivity index (χ1) is 9.20. The summed E-state index contributed by atoms with van der Waals surface area (Å²) in [5, 5.41) is 5.96. The number of carbonyl (C=O) groups is 1. The van der Waals surface area contributed by atoms with E-state index in [2.05, 4.69) is 20.6 Å². The van der Waals surface area contributed by atoms with Crippen LogP contribution in [0.15, 0.2) is 36.9 Å². The average molecular weight is 256 g/mol. The molecule has 19 heavy (non-hydrogen) atoms. The Kier molecular flexibility index (Phi) is 4.07. The Bertz CT molecular complexity index is 569. The number of carbonyl (C=O) groups excluding carboxylic acids is 1. The van der Waals surface area contributed by atoms with Crippen molar-refractivity contribution in [3.63, 3.8) is 0 Å². The molecule has 0 fully saturated rings. The van der Waals surface area contributed by atoms with Crippen LogP contribution in [0.25, 0.3) is 0 Å². The van der Waals surface area contributed by atoms with Crippen molar-refractivity contribution in [2.75, 3.05) is 17.2 Å². The largest absolute Gasteiger partial charge is 0.385 e. The minimum absolute atomic E-state index is 0.175.